The van der Waals surface area contributed by atoms with Crippen molar-refractivity contribution in [2.45, 2.75) is 58.3 Å². The average molecular weight is 362 g/mol. The monoisotopic (exact) mass is 361 g/mol. The highest BCUT2D eigenvalue weighted by Crippen LogP contribution is 2.12. The number of hydrogen-bond donors (Lipinski definition) is 2. The number of benzene rings is 1. The van der Waals surface area contributed by atoms with Gasteiger partial charge in [0.1, 0.15) is 0 Å². The molecule has 2 rings (SSSR count). The SMILES string of the molecule is CCCCCc1ccc(NC(=S)NC(=O)CCN2CCCCC2)cc1. The van der Waals surface area contributed by atoms with Crippen LogP contribution in [0.5, 0.6) is 0 Å². The third-order valence-electron chi connectivity index (χ3n) is 4.64. The largest absolute Gasteiger partial charge is 0.332 e. The number of likely N-dealkylation sites (tertiary alicyclic amines) is 1. The summed E-state index contributed by atoms with van der Waals surface area (Å²) in [5, 5.41) is 6.25. The first-order valence-electron chi connectivity index (χ1n) is 9.59. The van der Waals surface area contributed by atoms with Crippen LogP contribution in [0.25, 0.3) is 0 Å². The van der Waals surface area contributed by atoms with Gasteiger partial charge in [-0.3, -0.25) is 4.79 Å². The molecule has 1 amide bonds. The summed E-state index contributed by atoms with van der Waals surface area (Å²) >= 11 is 5.24. The van der Waals surface area contributed by atoms with Gasteiger partial charge in [0, 0.05) is 18.7 Å². The number of amides is 1. The van der Waals surface area contributed by atoms with Gasteiger partial charge in [-0.15, -0.1) is 0 Å². The molecule has 1 heterocycles. The number of carbonyl (C=O) groups excluding carboxylic acids is 1. The summed E-state index contributed by atoms with van der Waals surface area (Å²) in [5.74, 6) is -0.0146. The number of carbonyl (C=O) groups is 1. The first-order valence-corrected chi connectivity index (χ1v) is 10.0. The van der Waals surface area contributed by atoms with Crippen molar-refractivity contribution < 1.29 is 4.79 Å². The lowest BCUT2D eigenvalue weighted by molar-refractivity contribution is -0.120. The summed E-state index contributed by atoms with van der Waals surface area (Å²) < 4.78 is 0. The zero-order valence-corrected chi connectivity index (χ0v) is 16.2. The number of hydrogen-bond acceptors (Lipinski definition) is 3. The van der Waals surface area contributed by atoms with Gasteiger partial charge in [-0.1, -0.05) is 38.3 Å². The van der Waals surface area contributed by atoms with Crippen LogP contribution in [0.1, 0.15) is 57.4 Å². The van der Waals surface area contributed by atoms with Crippen LogP contribution in [-0.2, 0) is 11.2 Å². The van der Waals surface area contributed by atoms with E-state index >= 15 is 0 Å². The molecule has 5 heteroatoms. The molecule has 0 radical (unpaired) electrons. The number of aryl methyl sites for hydroxylation is 1. The van der Waals surface area contributed by atoms with E-state index in [1.807, 2.05) is 12.1 Å². The fourth-order valence-electron chi connectivity index (χ4n) is 3.13. The zero-order valence-electron chi connectivity index (χ0n) is 15.4. The van der Waals surface area contributed by atoms with Gasteiger partial charge in [0.05, 0.1) is 0 Å². The molecule has 0 saturated carbocycles. The molecule has 1 fully saturated rings. The Morgan fingerprint density at radius 1 is 1.12 bits per heavy atom. The van der Waals surface area contributed by atoms with Crippen molar-refractivity contribution in [2.75, 3.05) is 25.0 Å². The number of piperidine rings is 1. The standard InChI is InChI=1S/C20H31N3OS/c1-2-3-5-8-17-9-11-18(12-10-17)21-20(25)22-19(24)13-16-23-14-6-4-7-15-23/h9-12H,2-8,13-16H2,1H3,(H2,21,22,24,25). The third kappa shape index (κ3) is 7.97. The fourth-order valence-corrected chi connectivity index (χ4v) is 3.36. The highest BCUT2D eigenvalue weighted by atomic mass is 32.1. The quantitative estimate of drug-likeness (QED) is 0.540. The average Bonchev–Trinajstić information content (AvgIpc) is 2.62. The van der Waals surface area contributed by atoms with Crippen LogP contribution in [-0.4, -0.2) is 35.6 Å². The number of nitrogens with zero attached hydrogens (tertiary/aromatic N) is 1. The summed E-state index contributed by atoms with van der Waals surface area (Å²) in [4.78, 5) is 14.4. The number of anilines is 1. The van der Waals surface area contributed by atoms with Gasteiger partial charge in [0.15, 0.2) is 5.11 Å². The molecule has 0 aromatic heterocycles. The number of thiocarbonyl (C=S) groups is 1. The Morgan fingerprint density at radius 3 is 2.52 bits per heavy atom. The minimum Gasteiger partial charge on any atom is -0.332 e. The maximum absolute atomic E-state index is 12.0. The lowest BCUT2D eigenvalue weighted by Gasteiger charge is -2.25. The lowest BCUT2D eigenvalue weighted by Crippen LogP contribution is -2.37. The normalized spacial score (nSPS) is 14.9. The molecular formula is C20H31N3OS. The summed E-state index contributed by atoms with van der Waals surface area (Å²) in [7, 11) is 0. The van der Waals surface area contributed by atoms with Crippen LogP contribution in [0.15, 0.2) is 24.3 Å². The Bertz CT molecular complexity index is 538. The van der Waals surface area contributed by atoms with E-state index in [9.17, 15) is 4.79 Å². The predicted molar refractivity (Wildman–Crippen MR) is 109 cm³/mol. The predicted octanol–water partition coefficient (Wildman–Crippen LogP) is 4.11. The van der Waals surface area contributed by atoms with E-state index in [-0.39, 0.29) is 5.91 Å². The molecule has 1 aromatic rings. The van der Waals surface area contributed by atoms with Gasteiger partial charge >= 0.3 is 0 Å². The van der Waals surface area contributed by atoms with E-state index in [1.165, 1.54) is 44.1 Å². The van der Waals surface area contributed by atoms with Crippen LogP contribution in [0.2, 0.25) is 0 Å². The lowest BCUT2D eigenvalue weighted by atomic mass is 10.1. The van der Waals surface area contributed by atoms with Gasteiger partial charge in [-0.2, -0.15) is 0 Å². The van der Waals surface area contributed by atoms with Gasteiger partial charge < -0.3 is 15.5 Å². The number of unbranched alkanes of at least 4 members (excludes halogenated alkanes) is 2. The maximum Gasteiger partial charge on any atom is 0.227 e. The Hall–Kier alpha value is -1.46. The summed E-state index contributed by atoms with van der Waals surface area (Å²) in [6.07, 6.45) is 9.16. The van der Waals surface area contributed by atoms with Crippen LogP contribution >= 0.6 is 12.2 Å². The summed E-state index contributed by atoms with van der Waals surface area (Å²) in [5.41, 5.74) is 2.26. The van der Waals surface area contributed by atoms with Gasteiger partial charge in [0.2, 0.25) is 5.91 Å². The molecule has 138 valence electrons. The molecule has 1 aliphatic heterocycles. The first kappa shape index (κ1) is 19.9. The first-order chi connectivity index (χ1) is 12.2. The van der Waals surface area contributed by atoms with Crippen molar-refractivity contribution >= 4 is 28.9 Å². The van der Waals surface area contributed by atoms with Crippen molar-refractivity contribution in [3.8, 4) is 0 Å². The smallest absolute Gasteiger partial charge is 0.227 e. The number of rotatable bonds is 8. The molecule has 25 heavy (non-hydrogen) atoms. The number of nitrogens with one attached hydrogen (secondary N) is 2. The van der Waals surface area contributed by atoms with E-state index in [0.29, 0.717) is 11.5 Å². The molecule has 1 aliphatic rings. The molecule has 1 saturated heterocycles. The fraction of sp³-hybridized carbons (Fsp3) is 0.600. The van der Waals surface area contributed by atoms with Gasteiger partial charge in [-0.25, -0.2) is 0 Å². The van der Waals surface area contributed by atoms with Crippen LogP contribution in [0, 0.1) is 0 Å². The minimum atomic E-state index is -0.0146. The zero-order chi connectivity index (χ0) is 17.9. The second kappa shape index (κ2) is 11.2. The Kier molecular flexibility index (Phi) is 8.91. The highest BCUT2D eigenvalue weighted by Gasteiger charge is 2.12. The molecule has 2 N–H and O–H groups in total. The molecule has 0 bridgehead atoms. The topological polar surface area (TPSA) is 44.4 Å². The van der Waals surface area contributed by atoms with E-state index in [2.05, 4.69) is 34.6 Å². The Labute approximate surface area is 157 Å². The molecule has 0 spiro atoms. The highest BCUT2D eigenvalue weighted by molar-refractivity contribution is 7.80. The van der Waals surface area contributed by atoms with Crippen LogP contribution < -0.4 is 10.6 Å². The van der Waals surface area contributed by atoms with E-state index in [0.717, 1.165) is 31.7 Å². The van der Waals surface area contributed by atoms with Crippen molar-refractivity contribution in [1.29, 1.82) is 0 Å². The second-order valence-corrected chi connectivity index (χ2v) is 7.22. The van der Waals surface area contributed by atoms with Gasteiger partial charge in [0.25, 0.3) is 0 Å². The van der Waals surface area contributed by atoms with E-state index in [1.54, 1.807) is 0 Å². The maximum atomic E-state index is 12.0. The minimum absolute atomic E-state index is 0.0146. The van der Waals surface area contributed by atoms with Crippen molar-refractivity contribution in [1.82, 2.24) is 10.2 Å². The van der Waals surface area contributed by atoms with Crippen molar-refractivity contribution in [3.63, 3.8) is 0 Å². The molecule has 4 nitrogen and oxygen atoms in total. The molecule has 0 atom stereocenters. The van der Waals surface area contributed by atoms with E-state index in [4.69, 9.17) is 12.2 Å². The molecular weight excluding hydrogens is 330 g/mol. The summed E-state index contributed by atoms with van der Waals surface area (Å²) in [6, 6.07) is 8.29. The second-order valence-electron chi connectivity index (χ2n) is 6.81. The van der Waals surface area contributed by atoms with E-state index < -0.39 is 0 Å². The molecule has 0 unspecified atom stereocenters. The molecule has 0 aliphatic carbocycles. The summed E-state index contributed by atoms with van der Waals surface area (Å²) in [6.45, 7) is 5.26. The molecule has 1 aromatic carbocycles. The van der Waals surface area contributed by atoms with Crippen molar-refractivity contribution in [2.24, 2.45) is 0 Å². The van der Waals surface area contributed by atoms with Crippen molar-refractivity contribution in [3.05, 3.63) is 29.8 Å². The third-order valence-corrected chi connectivity index (χ3v) is 4.84. The van der Waals surface area contributed by atoms with Crippen LogP contribution in [0.3, 0.4) is 0 Å². The Morgan fingerprint density at radius 2 is 1.84 bits per heavy atom. The van der Waals surface area contributed by atoms with Gasteiger partial charge in [-0.05, 0) is 68.7 Å². The Balaban J connectivity index is 1.67. The van der Waals surface area contributed by atoms with Crippen LogP contribution in [0.4, 0.5) is 5.69 Å².